The molecule has 0 atom stereocenters. The summed E-state index contributed by atoms with van der Waals surface area (Å²) in [6, 6.07) is 5.89. The fourth-order valence-electron chi connectivity index (χ4n) is 2.88. The molecule has 0 spiro atoms. The summed E-state index contributed by atoms with van der Waals surface area (Å²) in [5.41, 5.74) is 8.36. The Bertz CT molecular complexity index is 983. The summed E-state index contributed by atoms with van der Waals surface area (Å²) in [5, 5.41) is 3.45. The number of nitrogens with zero attached hydrogens (tertiary/aromatic N) is 2. The van der Waals surface area contributed by atoms with Crippen LogP contribution in [-0.2, 0) is 11.3 Å². The average Bonchev–Trinajstić information content (AvgIpc) is 2.66. The lowest BCUT2D eigenvalue weighted by atomic mass is 10.1. The lowest BCUT2D eigenvalue weighted by Gasteiger charge is -2.27. The van der Waals surface area contributed by atoms with Crippen molar-refractivity contribution in [3.63, 3.8) is 0 Å². The summed E-state index contributed by atoms with van der Waals surface area (Å²) in [5.74, 6) is 0.0903. The van der Waals surface area contributed by atoms with Gasteiger partial charge in [0, 0.05) is 25.9 Å². The van der Waals surface area contributed by atoms with Crippen molar-refractivity contribution in [2.75, 3.05) is 36.2 Å². The van der Waals surface area contributed by atoms with E-state index in [-0.39, 0.29) is 11.5 Å². The zero-order valence-corrected chi connectivity index (χ0v) is 18.2. The number of rotatable bonds is 8. The molecule has 4 N–H and O–H groups in total. The highest BCUT2D eigenvalue weighted by molar-refractivity contribution is 7.80. The number of hydrogen-bond acceptors (Lipinski definition) is 5. The number of aromatic amines is 1. The Balaban J connectivity index is 2.45. The Labute approximate surface area is 175 Å². The standard InChI is InChI=1S/C20H29N5O3S/c1-5-6-9-25-17(21)16(18(26)23-19(25)27)24(10-11-28-4)20(29)22-15-8-7-13(2)14(3)12-15/h7-8,12H,5-6,9-11,21H2,1-4H3,(H,22,29)(H,23,26,27). The minimum absolute atomic E-state index is 0.0903. The molecule has 0 saturated carbocycles. The number of nitrogens with two attached hydrogens (primary N) is 1. The molecule has 8 nitrogen and oxygen atoms in total. The van der Waals surface area contributed by atoms with Crippen molar-refractivity contribution >= 4 is 34.5 Å². The van der Waals surface area contributed by atoms with Crippen LogP contribution in [0.15, 0.2) is 27.8 Å². The molecule has 0 saturated heterocycles. The average molecular weight is 420 g/mol. The Hall–Kier alpha value is -2.65. The number of ether oxygens (including phenoxy) is 1. The predicted molar refractivity (Wildman–Crippen MR) is 122 cm³/mol. The second kappa shape index (κ2) is 10.2. The third kappa shape index (κ3) is 5.45. The van der Waals surface area contributed by atoms with Crippen LogP contribution in [0.4, 0.5) is 17.2 Å². The monoisotopic (exact) mass is 419 g/mol. The van der Waals surface area contributed by atoms with Crippen LogP contribution in [0, 0.1) is 13.8 Å². The molecule has 1 heterocycles. The van der Waals surface area contributed by atoms with Crippen LogP contribution in [-0.4, -0.2) is 34.9 Å². The molecule has 0 aliphatic carbocycles. The minimum Gasteiger partial charge on any atom is -0.383 e. The molecular formula is C20H29N5O3S. The third-order valence-corrected chi connectivity index (χ3v) is 5.06. The molecule has 0 aliphatic heterocycles. The maximum atomic E-state index is 12.6. The number of unbranched alkanes of at least 4 members (excludes halogenated alkanes) is 1. The van der Waals surface area contributed by atoms with Crippen LogP contribution < -0.4 is 27.2 Å². The highest BCUT2D eigenvalue weighted by atomic mass is 32.1. The number of aryl methyl sites for hydroxylation is 2. The molecule has 0 radical (unpaired) electrons. The van der Waals surface area contributed by atoms with Crippen LogP contribution in [0.5, 0.6) is 0 Å². The molecule has 0 fully saturated rings. The Kier molecular flexibility index (Phi) is 7.98. The van der Waals surface area contributed by atoms with E-state index >= 15 is 0 Å². The van der Waals surface area contributed by atoms with Crippen LogP contribution >= 0.6 is 12.2 Å². The Morgan fingerprint density at radius 2 is 2.03 bits per heavy atom. The molecule has 0 amide bonds. The fourth-order valence-corrected chi connectivity index (χ4v) is 3.18. The lowest BCUT2D eigenvalue weighted by Crippen LogP contribution is -2.44. The normalized spacial score (nSPS) is 10.8. The van der Waals surface area contributed by atoms with Gasteiger partial charge in [0.1, 0.15) is 5.82 Å². The number of thiocarbonyl (C=S) groups is 1. The number of nitrogen functional groups attached to an aromatic ring is 1. The van der Waals surface area contributed by atoms with Crippen molar-refractivity contribution in [2.24, 2.45) is 0 Å². The second-order valence-corrected chi connectivity index (χ2v) is 7.26. The van der Waals surface area contributed by atoms with Gasteiger partial charge in [0.2, 0.25) is 0 Å². The quantitative estimate of drug-likeness (QED) is 0.564. The predicted octanol–water partition coefficient (Wildman–Crippen LogP) is 2.39. The van der Waals surface area contributed by atoms with Crippen molar-refractivity contribution in [3.05, 3.63) is 50.2 Å². The van der Waals surface area contributed by atoms with Crippen molar-refractivity contribution in [3.8, 4) is 0 Å². The van der Waals surface area contributed by atoms with Crippen molar-refractivity contribution in [1.82, 2.24) is 9.55 Å². The summed E-state index contributed by atoms with van der Waals surface area (Å²) < 4.78 is 6.55. The van der Waals surface area contributed by atoms with Gasteiger partial charge in [-0.1, -0.05) is 19.4 Å². The van der Waals surface area contributed by atoms with E-state index in [0.717, 1.165) is 24.1 Å². The highest BCUT2D eigenvalue weighted by Crippen LogP contribution is 2.20. The van der Waals surface area contributed by atoms with E-state index in [9.17, 15) is 9.59 Å². The summed E-state index contributed by atoms with van der Waals surface area (Å²) in [7, 11) is 1.56. The van der Waals surface area contributed by atoms with Gasteiger partial charge >= 0.3 is 5.69 Å². The van der Waals surface area contributed by atoms with Crippen LogP contribution in [0.1, 0.15) is 30.9 Å². The summed E-state index contributed by atoms with van der Waals surface area (Å²) >= 11 is 5.58. The molecule has 0 bridgehead atoms. The smallest absolute Gasteiger partial charge is 0.330 e. The van der Waals surface area contributed by atoms with E-state index in [4.69, 9.17) is 22.7 Å². The van der Waals surface area contributed by atoms with Gasteiger partial charge in [-0.05, 0) is 55.7 Å². The van der Waals surface area contributed by atoms with E-state index in [0.29, 0.717) is 24.8 Å². The van der Waals surface area contributed by atoms with Crippen molar-refractivity contribution in [2.45, 2.75) is 40.2 Å². The molecular weight excluding hydrogens is 390 g/mol. The van der Waals surface area contributed by atoms with Crippen LogP contribution in [0.3, 0.4) is 0 Å². The number of hydrogen-bond donors (Lipinski definition) is 3. The summed E-state index contributed by atoms with van der Waals surface area (Å²) in [6.45, 7) is 7.09. The first-order chi connectivity index (χ1) is 13.8. The van der Waals surface area contributed by atoms with Crippen molar-refractivity contribution in [1.29, 1.82) is 0 Å². The molecule has 2 aromatic rings. The number of benzene rings is 1. The first-order valence-corrected chi connectivity index (χ1v) is 9.98. The van der Waals surface area contributed by atoms with E-state index in [1.54, 1.807) is 12.0 Å². The topological polar surface area (TPSA) is 105 Å². The zero-order valence-electron chi connectivity index (χ0n) is 17.4. The van der Waals surface area contributed by atoms with Crippen LogP contribution in [0.25, 0.3) is 0 Å². The molecule has 158 valence electrons. The number of aromatic nitrogens is 2. The van der Waals surface area contributed by atoms with Gasteiger partial charge < -0.3 is 20.7 Å². The van der Waals surface area contributed by atoms with Crippen LogP contribution in [0.2, 0.25) is 0 Å². The molecule has 1 aromatic heterocycles. The Morgan fingerprint density at radius 1 is 1.31 bits per heavy atom. The van der Waals surface area contributed by atoms with Gasteiger partial charge in [0.05, 0.1) is 6.61 Å². The fraction of sp³-hybridized carbons (Fsp3) is 0.450. The maximum Gasteiger partial charge on any atom is 0.330 e. The van der Waals surface area contributed by atoms with Gasteiger partial charge in [0.25, 0.3) is 5.56 Å². The van der Waals surface area contributed by atoms with E-state index in [2.05, 4.69) is 10.3 Å². The number of methoxy groups -OCH3 is 1. The molecule has 0 aliphatic rings. The number of H-pyrrole nitrogens is 1. The van der Waals surface area contributed by atoms with E-state index < -0.39 is 11.2 Å². The minimum atomic E-state index is -0.583. The van der Waals surface area contributed by atoms with Crippen molar-refractivity contribution < 1.29 is 4.74 Å². The number of anilines is 3. The molecule has 1 aromatic carbocycles. The van der Waals surface area contributed by atoms with E-state index in [1.165, 1.54) is 10.1 Å². The molecule has 0 unspecified atom stereocenters. The Morgan fingerprint density at radius 3 is 2.66 bits per heavy atom. The molecule has 29 heavy (non-hydrogen) atoms. The largest absolute Gasteiger partial charge is 0.383 e. The maximum absolute atomic E-state index is 12.6. The third-order valence-electron chi connectivity index (χ3n) is 4.74. The summed E-state index contributed by atoms with van der Waals surface area (Å²) in [6.07, 6.45) is 1.65. The second-order valence-electron chi connectivity index (χ2n) is 6.87. The first-order valence-electron chi connectivity index (χ1n) is 9.57. The van der Waals surface area contributed by atoms with E-state index in [1.807, 2.05) is 39.0 Å². The van der Waals surface area contributed by atoms with Gasteiger partial charge in [0.15, 0.2) is 10.8 Å². The molecule has 9 heteroatoms. The number of nitrogens with one attached hydrogen (secondary N) is 2. The summed E-state index contributed by atoms with van der Waals surface area (Å²) in [4.78, 5) is 28.8. The zero-order chi connectivity index (χ0) is 21.6. The van der Waals surface area contributed by atoms with Gasteiger partial charge in [-0.15, -0.1) is 0 Å². The first kappa shape index (κ1) is 22.6. The van der Waals surface area contributed by atoms with Gasteiger partial charge in [-0.25, -0.2) is 4.79 Å². The highest BCUT2D eigenvalue weighted by Gasteiger charge is 2.22. The lowest BCUT2D eigenvalue weighted by molar-refractivity contribution is 0.208. The van der Waals surface area contributed by atoms with Gasteiger partial charge in [-0.3, -0.25) is 14.3 Å². The SMILES string of the molecule is CCCCn1c(N)c(N(CCOC)C(=S)Nc2ccc(C)c(C)c2)c(=O)[nH]c1=O. The molecule has 2 rings (SSSR count). The van der Waals surface area contributed by atoms with Gasteiger partial charge in [-0.2, -0.15) is 0 Å².